The standard InChI is InChI=1S/C19H24N4O3S/c1-19(2,3)17(25)23-10-6-9-14(23)15(24)20-18-22-21-16(27-18)12-7-5-8-13(11-12)26-4/h5,7-8,11,14H,6,9-10H2,1-4H3,(H,20,22,24)/t14-/m0/s1. The molecule has 1 saturated heterocycles. The summed E-state index contributed by atoms with van der Waals surface area (Å²) in [5.41, 5.74) is 0.364. The summed E-state index contributed by atoms with van der Waals surface area (Å²) in [5, 5.41) is 12.2. The fourth-order valence-electron chi connectivity index (χ4n) is 3.05. The van der Waals surface area contributed by atoms with E-state index in [1.165, 1.54) is 11.3 Å². The molecule has 1 aliphatic rings. The van der Waals surface area contributed by atoms with E-state index in [1.54, 1.807) is 12.0 Å². The number of anilines is 1. The predicted octanol–water partition coefficient (Wildman–Crippen LogP) is 3.19. The molecule has 1 atom stereocenters. The molecular formula is C19H24N4O3S. The topological polar surface area (TPSA) is 84.4 Å². The zero-order chi connectivity index (χ0) is 19.6. The van der Waals surface area contributed by atoms with Gasteiger partial charge in [0.25, 0.3) is 0 Å². The van der Waals surface area contributed by atoms with Gasteiger partial charge in [0.15, 0.2) is 0 Å². The van der Waals surface area contributed by atoms with Crippen molar-refractivity contribution in [3.8, 4) is 16.3 Å². The molecule has 8 heteroatoms. The van der Waals surface area contributed by atoms with E-state index in [2.05, 4.69) is 15.5 Å². The molecule has 27 heavy (non-hydrogen) atoms. The van der Waals surface area contributed by atoms with Gasteiger partial charge in [0.2, 0.25) is 16.9 Å². The minimum Gasteiger partial charge on any atom is -0.497 e. The zero-order valence-electron chi connectivity index (χ0n) is 16.0. The van der Waals surface area contributed by atoms with Crippen LogP contribution in [0.15, 0.2) is 24.3 Å². The molecule has 0 unspecified atom stereocenters. The third kappa shape index (κ3) is 4.27. The summed E-state index contributed by atoms with van der Waals surface area (Å²) in [7, 11) is 1.61. The number of hydrogen-bond acceptors (Lipinski definition) is 6. The summed E-state index contributed by atoms with van der Waals surface area (Å²) >= 11 is 1.29. The highest BCUT2D eigenvalue weighted by Gasteiger charge is 2.38. The zero-order valence-corrected chi connectivity index (χ0v) is 16.8. The second-order valence-corrected chi connectivity index (χ2v) is 8.52. The van der Waals surface area contributed by atoms with E-state index in [1.807, 2.05) is 45.0 Å². The number of amides is 2. The Morgan fingerprint density at radius 2 is 2.07 bits per heavy atom. The number of carbonyl (C=O) groups excluding carboxylic acids is 2. The average Bonchev–Trinajstić information content (AvgIpc) is 3.29. The lowest BCUT2D eigenvalue weighted by molar-refractivity contribution is -0.143. The minimum absolute atomic E-state index is 0.00511. The molecule has 1 aromatic carbocycles. The van der Waals surface area contributed by atoms with Gasteiger partial charge in [-0.2, -0.15) is 0 Å². The van der Waals surface area contributed by atoms with Crippen LogP contribution in [-0.4, -0.2) is 46.6 Å². The first kappa shape index (κ1) is 19.3. The van der Waals surface area contributed by atoms with Gasteiger partial charge in [-0.05, 0) is 25.0 Å². The van der Waals surface area contributed by atoms with Crippen LogP contribution in [0, 0.1) is 5.41 Å². The first-order chi connectivity index (χ1) is 12.8. The van der Waals surface area contributed by atoms with Gasteiger partial charge in [-0.3, -0.25) is 14.9 Å². The average molecular weight is 388 g/mol. The van der Waals surface area contributed by atoms with Crippen LogP contribution >= 0.6 is 11.3 Å². The van der Waals surface area contributed by atoms with Crippen molar-refractivity contribution in [1.29, 1.82) is 0 Å². The lowest BCUT2D eigenvalue weighted by Gasteiger charge is -2.29. The van der Waals surface area contributed by atoms with E-state index in [4.69, 9.17) is 4.74 Å². The number of nitrogens with zero attached hydrogens (tertiary/aromatic N) is 3. The quantitative estimate of drug-likeness (QED) is 0.869. The largest absolute Gasteiger partial charge is 0.497 e. The van der Waals surface area contributed by atoms with E-state index in [-0.39, 0.29) is 11.8 Å². The van der Waals surface area contributed by atoms with Gasteiger partial charge < -0.3 is 9.64 Å². The molecule has 1 aliphatic heterocycles. The van der Waals surface area contributed by atoms with Gasteiger partial charge in [-0.25, -0.2) is 0 Å². The molecule has 1 N–H and O–H groups in total. The second-order valence-electron chi connectivity index (χ2n) is 7.54. The van der Waals surface area contributed by atoms with E-state index in [0.29, 0.717) is 23.1 Å². The van der Waals surface area contributed by atoms with Crippen molar-refractivity contribution < 1.29 is 14.3 Å². The van der Waals surface area contributed by atoms with Crippen molar-refractivity contribution in [2.45, 2.75) is 39.7 Å². The summed E-state index contributed by atoms with van der Waals surface area (Å²) < 4.78 is 5.23. The molecule has 0 radical (unpaired) electrons. The molecule has 0 spiro atoms. The van der Waals surface area contributed by atoms with E-state index >= 15 is 0 Å². The third-order valence-electron chi connectivity index (χ3n) is 4.43. The van der Waals surface area contributed by atoms with Crippen LogP contribution in [0.1, 0.15) is 33.6 Å². The molecule has 1 aromatic heterocycles. The highest BCUT2D eigenvalue weighted by Crippen LogP contribution is 2.30. The Kier molecular flexibility index (Phi) is 5.46. The van der Waals surface area contributed by atoms with Crippen molar-refractivity contribution in [3.63, 3.8) is 0 Å². The van der Waals surface area contributed by atoms with Crippen molar-refractivity contribution >= 4 is 28.3 Å². The number of nitrogens with one attached hydrogen (secondary N) is 1. The smallest absolute Gasteiger partial charge is 0.249 e. The monoisotopic (exact) mass is 388 g/mol. The molecule has 2 aromatic rings. The van der Waals surface area contributed by atoms with E-state index in [0.717, 1.165) is 17.7 Å². The lowest BCUT2D eigenvalue weighted by atomic mass is 9.94. The maximum Gasteiger partial charge on any atom is 0.249 e. The maximum absolute atomic E-state index is 12.7. The molecule has 144 valence electrons. The Hall–Kier alpha value is -2.48. The summed E-state index contributed by atoms with van der Waals surface area (Å²) in [6.07, 6.45) is 1.49. The SMILES string of the molecule is COc1cccc(-c2nnc(NC(=O)[C@@H]3CCCN3C(=O)C(C)(C)C)s2)c1. The molecule has 1 fully saturated rings. The Bertz CT molecular complexity index is 843. The molecule has 3 rings (SSSR count). The van der Waals surface area contributed by atoms with E-state index in [9.17, 15) is 9.59 Å². The number of hydrogen-bond donors (Lipinski definition) is 1. The van der Waals surface area contributed by atoms with E-state index < -0.39 is 11.5 Å². The molecule has 7 nitrogen and oxygen atoms in total. The number of methoxy groups -OCH3 is 1. The summed E-state index contributed by atoms with van der Waals surface area (Å²) in [6, 6.07) is 7.06. The first-order valence-electron chi connectivity index (χ1n) is 8.89. The second kappa shape index (κ2) is 7.64. The van der Waals surface area contributed by atoms with Crippen LogP contribution in [-0.2, 0) is 9.59 Å². The van der Waals surface area contributed by atoms with Crippen LogP contribution in [0.2, 0.25) is 0 Å². The van der Waals surface area contributed by atoms with Crippen molar-refractivity contribution in [2.75, 3.05) is 19.0 Å². The van der Waals surface area contributed by atoms with Gasteiger partial charge >= 0.3 is 0 Å². The maximum atomic E-state index is 12.7. The van der Waals surface area contributed by atoms with Crippen molar-refractivity contribution in [3.05, 3.63) is 24.3 Å². The van der Waals surface area contributed by atoms with Gasteiger partial charge in [0.05, 0.1) is 7.11 Å². The van der Waals surface area contributed by atoms with Crippen LogP contribution in [0.3, 0.4) is 0 Å². The highest BCUT2D eigenvalue weighted by molar-refractivity contribution is 7.18. The first-order valence-corrected chi connectivity index (χ1v) is 9.71. The summed E-state index contributed by atoms with van der Waals surface area (Å²) in [4.78, 5) is 27.0. The van der Waals surface area contributed by atoms with Gasteiger partial charge in [0.1, 0.15) is 16.8 Å². The number of rotatable bonds is 4. The van der Waals surface area contributed by atoms with Crippen LogP contribution in [0.4, 0.5) is 5.13 Å². The Balaban J connectivity index is 1.71. The third-order valence-corrected chi connectivity index (χ3v) is 5.32. The Morgan fingerprint density at radius 1 is 1.30 bits per heavy atom. The fourth-order valence-corrected chi connectivity index (χ4v) is 3.79. The highest BCUT2D eigenvalue weighted by atomic mass is 32.1. The molecule has 2 amide bonds. The molecule has 2 heterocycles. The van der Waals surface area contributed by atoms with Gasteiger partial charge in [0, 0.05) is 17.5 Å². The van der Waals surface area contributed by atoms with Crippen LogP contribution < -0.4 is 10.1 Å². The van der Waals surface area contributed by atoms with Crippen molar-refractivity contribution in [2.24, 2.45) is 5.41 Å². The van der Waals surface area contributed by atoms with Gasteiger partial charge in [-0.15, -0.1) is 10.2 Å². The number of likely N-dealkylation sites (tertiary alicyclic amines) is 1. The molecule has 0 aliphatic carbocycles. The summed E-state index contributed by atoms with van der Waals surface area (Å²) in [5.74, 6) is 0.517. The predicted molar refractivity (Wildman–Crippen MR) is 105 cm³/mol. The molecule has 0 bridgehead atoms. The fraction of sp³-hybridized carbons (Fsp3) is 0.474. The summed E-state index contributed by atoms with van der Waals surface area (Å²) in [6.45, 7) is 6.22. The number of benzene rings is 1. The normalized spacial score (nSPS) is 17.0. The minimum atomic E-state index is -0.509. The van der Waals surface area contributed by atoms with Crippen LogP contribution in [0.5, 0.6) is 5.75 Å². The lowest BCUT2D eigenvalue weighted by Crippen LogP contribution is -2.47. The van der Waals surface area contributed by atoms with Crippen LogP contribution in [0.25, 0.3) is 10.6 Å². The number of aromatic nitrogens is 2. The number of carbonyl (C=O) groups is 2. The molecule has 0 saturated carbocycles. The molecular weight excluding hydrogens is 364 g/mol. The van der Waals surface area contributed by atoms with Gasteiger partial charge in [-0.1, -0.05) is 44.2 Å². The Labute approximate surface area is 162 Å². The van der Waals surface area contributed by atoms with Crippen molar-refractivity contribution in [1.82, 2.24) is 15.1 Å². The Morgan fingerprint density at radius 3 is 2.78 bits per heavy atom. The number of ether oxygens (including phenoxy) is 1.